The Bertz CT molecular complexity index is 670. The highest BCUT2D eigenvalue weighted by atomic mass is 35.5. The largest absolute Gasteiger partial charge is 0.337 e. The minimum Gasteiger partial charge on any atom is -0.337 e. The van der Waals surface area contributed by atoms with Gasteiger partial charge in [0.1, 0.15) is 0 Å². The fourth-order valence-electron chi connectivity index (χ4n) is 3.60. The number of amides is 1. The quantitative estimate of drug-likeness (QED) is 0.901. The van der Waals surface area contributed by atoms with E-state index in [1.54, 1.807) is 22.2 Å². The normalized spacial score (nSPS) is 19.4. The van der Waals surface area contributed by atoms with Crippen LogP contribution in [0.1, 0.15) is 34.6 Å². The number of thiophene rings is 1. The van der Waals surface area contributed by atoms with Crippen LogP contribution in [0.2, 0.25) is 0 Å². The maximum absolute atomic E-state index is 12.6. The van der Waals surface area contributed by atoms with Crippen LogP contribution in [0.5, 0.6) is 0 Å². The van der Waals surface area contributed by atoms with Gasteiger partial charge in [-0.05, 0) is 42.7 Å². The van der Waals surface area contributed by atoms with Crippen molar-refractivity contribution in [2.24, 2.45) is 5.41 Å². The third-order valence-corrected chi connectivity index (χ3v) is 5.96. The minimum atomic E-state index is 0. The molecular formula is C16H22ClN5OS. The topological polar surface area (TPSA) is 63.1 Å². The molecule has 2 aromatic heterocycles. The van der Waals surface area contributed by atoms with E-state index in [1.165, 1.54) is 11.3 Å². The SMILES string of the molecule is Cl.O=C(c1cn(Cc2cccs2)nn1)N1CCC2(CCNC2)CC1. The van der Waals surface area contributed by atoms with Gasteiger partial charge in [0.25, 0.3) is 5.91 Å². The lowest BCUT2D eigenvalue weighted by atomic mass is 9.78. The van der Waals surface area contributed by atoms with E-state index in [9.17, 15) is 4.79 Å². The predicted octanol–water partition coefficient (Wildman–Crippen LogP) is 2.03. The van der Waals surface area contributed by atoms with Crippen molar-refractivity contribution in [3.63, 3.8) is 0 Å². The van der Waals surface area contributed by atoms with Crippen molar-refractivity contribution < 1.29 is 4.79 Å². The van der Waals surface area contributed by atoms with Gasteiger partial charge in [-0.1, -0.05) is 11.3 Å². The van der Waals surface area contributed by atoms with Gasteiger partial charge in [0.2, 0.25) is 0 Å². The summed E-state index contributed by atoms with van der Waals surface area (Å²) < 4.78 is 1.74. The maximum Gasteiger partial charge on any atom is 0.276 e. The number of piperidine rings is 1. The number of nitrogens with one attached hydrogen (secondary N) is 1. The number of rotatable bonds is 3. The summed E-state index contributed by atoms with van der Waals surface area (Å²) in [7, 11) is 0. The monoisotopic (exact) mass is 367 g/mol. The molecule has 4 heterocycles. The summed E-state index contributed by atoms with van der Waals surface area (Å²) in [5, 5.41) is 13.7. The molecule has 6 nitrogen and oxygen atoms in total. The first-order chi connectivity index (χ1) is 11.2. The maximum atomic E-state index is 12.6. The average Bonchev–Trinajstić information content (AvgIpc) is 3.31. The molecule has 1 amide bonds. The lowest BCUT2D eigenvalue weighted by Gasteiger charge is -2.38. The molecule has 0 unspecified atom stereocenters. The van der Waals surface area contributed by atoms with Crippen molar-refractivity contribution in [2.45, 2.75) is 25.8 Å². The van der Waals surface area contributed by atoms with Crippen molar-refractivity contribution in [1.82, 2.24) is 25.2 Å². The van der Waals surface area contributed by atoms with E-state index in [-0.39, 0.29) is 18.3 Å². The van der Waals surface area contributed by atoms with Crippen molar-refractivity contribution in [3.05, 3.63) is 34.3 Å². The van der Waals surface area contributed by atoms with Gasteiger partial charge in [0, 0.05) is 24.5 Å². The summed E-state index contributed by atoms with van der Waals surface area (Å²) >= 11 is 1.68. The standard InChI is InChI=1S/C16H21N5OS.ClH/c22-15(20-7-4-16(5-8-20)3-6-17-12-16)14-11-21(19-18-14)10-13-2-1-9-23-13;/h1-2,9,11,17H,3-8,10,12H2;1H. The molecule has 0 aliphatic carbocycles. The second-order valence-corrected chi connectivity index (χ2v) is 7.63. The lowest BCUT2D eigenvalue weighted by molar-refractivity contribution is 0.0602. The Kier molecular flexibility index (Phi) is 5.22. The number of hydrogen-bond acceptors (Lipinski definition) is 5. The third kappa shape index (κ3) is 3.48. The molecule has 4 rings (SSSR count). The van der Waals surface area contributed by atoms with Gasteiger partial charge in [0.05, 0.1) is 12.7 Å². The van der Waals surface area contributed by atoms with Crippen LogP contribution in [-0.2, 0) is 6.54 Å². The fourth-order valence-corrected chi connectivity index (χ4v) is 4.30. The number of halogens is 1. The Morgan fingerprint density at radius 2 is 2.17 bits per heavy atom. The molecule has 0 atom stereocenters. The van der Waals surface area contributed by atoms with E-state index in [4.69, 9.17) is 0 Å². The number of likely N-dealkylation sites (tertiary alicyclic amines) is 1. The number of hydrogen-bond donors (Lipinski definition) is 1. The Hall–Kier alpha value is -1.44. The van der Waals surface area contributed by atoms with E-state index in [2.05, 4.69) is 21.7 Å². The summed E-state index contributed by atoms with van der Waals surface area (Å²) in [6, 6.07) is 4.08. The number of carbonyl (C=O) groups excluding carboxylic acids is 1. The Morgan fingerprint density at radius 3 is 2.83 bits per heavy atom. The molecule has 0 bridgehead atoms. The van der Waals surface area contributed by atoms with Gasteiger partial charge in [0.15, 0.2) is 5.69 Å². The molecule has 8 heteroatoms. The van der Waals surface area contributed by atoms with Crippen LogP contribution in [0.3, 0.4) is 0 Å². The van der Waals surface area contributed by atoms with Crippen LogP contribution in [0.4, 0.5) is 0 Å². The van der Waals surface area contributed by atoms with E-state index in [0.29, 0.717) is 17.7 Å². The van der Waals surface area contributed by atoms with Crippen LogP contribution in [-0.4, -0.2) is 52.0 Å². The van der Waals surface area contributed by atoms with Crippen molar-refractivity contribution >= 4 is 29.7 Å². The van der Waals surface area contributed by atoms with Crippen LogP contribution in [0, 0.1) is 5.41 Å². The molecule has 24 heavy (non-hydrogen) atoms. The highest BCUT2D eigenvalue weighted by Gasteiger charge is 2.38. The zero-order valence-electron chi connectivity index (χ0n) is 13.5. The molecule has 0 radical (unpaired) electrons. The summed E-state index contributed by atoms with van der Waals surface area (Å²) in [5.41, 5.74) is 0.884. The molecule has 1 N–H and O–H groups in total. The molecule has 130 valence electrons. The lowest BCUT2D eigenvalue weighted by Crippen LogP contribution is -2.44. The molecule has 1 spiro atoms. The summed E-state index contributed by atoms with van der Waals surface area (Å²) in [4.78, 5) is 15.8. The van der Waals surface area contributed by atoms with Gasteiger partial charge in [-0.2, -0.15) is 0 Å². The van der Waals surface area contributed by atoms with Crippen LogP contribution in [0.25, 0.3) is 0 Å². The number of aromatic nitrogens is 3. The Balaban J connectivity index is 0.00000169. The van der Waals surface area contributed by atoms with Gasteiger partial charge < -0.3 is 10.2 Å². The third-order valence-electron chi connectivity index (χ3n) is 5.10. The molecule has 2 saturated heterocycles. The van der Waals surface area contributed by atoms with Crippen LogP contribution in [0.15, 0.2) is 23.7 Å². The first kappa shape index (κ1) is 17.4. The van der Waals surface area contributed by atoms with Crippen molar-refractivity contribution in [1.29, 1.82) is 0 Å². The molecule has 0 aromatic carbocycles. The van der Waals surface area contributed by atoms with Crippen molar-refractivity contribution in [3.8, 4) is 0 Å². The van der Waals surface area contributed by atoms with Crippen LogP contribution >= 0.6 is 23.7 Å². The molecule has 2 fully saturated rings. The second-order valence-electron chi connectivity index (χ2n) is 6.60. The first-order valence-electron chi connectivity index (χ1n) is 8.17. The molecule has 2 aromatic rings. The summed E-state index contributed by atoms with van der Waals surface area (Å²) in [5.74, 6) is 0.0169. The first-order valence-corrected chi connectivity index (χ1v) is 9.05. The summed E-state index contributed by atoms with van der Waals surface area (Å²) in [6.07, 6.45) is 5.19. The second kappa shape index (κ2) is 7.21. The highest BCUT2D eigenvalue weighted by molar-refractivity contribution is 7.09. The highest BCUT2D eigenvalue weighted by Crippen LogP contribution is 2.37. The molecular weight excluding hydrogens is 346 g/mol. The average molecular weight is 368 g/mol. The van der Waals surface area contributed by atoms with Gasteiger partial charge >= 0.3 is 0 Å². The van der Waals surface area contributed by atoms with E-state index in [1.807, 2.05) is 16.3 Å². The molecule has 2 aliphatic rings. The predicted molar refractivity (Wildman–Crippen MR) is 95.7 cm³/mol. The Labute approximate surface area is 151 Å². The van der Waals surface area contributed by atoms with E-state index >= 15 is 0 Å². The van der Waals surface area contributed by atoms with E-state index in [0.717, 1.165) is 39.0 Å². The van der Waals surface area contributed by atoms with Crippen molar-refractivity contribution in [2.75, 3.05) is 26.2 Å². The van der Waals surface area contributed by atoms with Gasteiger partial charge in [-0.25, -0.2) is 4.68 Å². The smallest absolute Gasteiger partial charge is 0.276 e. The Morgan fingerprint density at radius 1 is 1.33 bits per heavy atom. The van der Waals surface area contributed by atoms with Crippen LogP contribution < -0.4 is 5.32 Å². The van der Waals surface area contributed by atoms with Gasteiger partial charge in [-0.15, -0.1) is 28.8 Å². The zero-order valence-corrected chi connectivity index (χ0v) is 15.1. The number of carbonyl (C=O) groups is 1. The van der Waals surface area contributed by atoms with E-state index < -0.39 is 0 Å². The molecule has 0 saturated carbocycles. The minimum absolute atomic E-state index is 0. The van der Waals surface area contributed by atoms with Gasteiger partial charge in [-0.3, -0.25) is 4.79 Å². The molecule has 2 aliphatic heterocycles. The zero-order chi connectivity index (χ0) is 15.7. The number of nitrogens with zero attached hydrogens (tertiary/aromatic N) is 4. The summed E-state index contributed by atoms with van der Waals surface area (Å²) in [6.45, 7) is 4.56. The fraction of sp³-hybridized carbons (Fsp3) is 0.562.